The zero-order valence-corrected chi connectivity index (χ0v) is 20.7. The van der Waals surface area contributed by atoms with Crippen LogP contribution in [0.4, 0.5) is 0 Å². The second kappa shape index (κ2) is 9.21. The molecule has 0 radical (unpaired) electrons. The lowest BCUT2D eigenvalue weighted by Crippen LogP contribution is -2.63. The van der Waals surface area contributed by atoms with E-state index in [0.717, 1.165) is 5.56 Å². The molecule has 0 aliphatic carbocycles. The van der Waals surface area contributed by atoms with E-state index in [1.807, 2.05) is 58.0 Å². The topological polar surface area (TPSA) is 124 Å². The summed E-state index contributed by atoms with van der Waals surface area (Å²) in [6.45, 7) is 7.47. The first kappa shape index (κ1) is 25.1. The minimum atomic E-state index is -1.34. The van der Waals surface area contributed by atoms with Crippen molar-refractivity contribution in [3.05, 3.63) is 35.9 Å². The fraction of sp³-hybridized carbons (Fsp3) is 0.760. The second-order valence-corrected chi connectivity index (χ2v) is 10.7. The van der Waals surface area contributed by atoms with E-state index in [-0.39, 0.29) is 13.2 Å². The van der Waals surface area contributed by atoms with Gasteiger partial charge in [0.25, 0.3) is 0 Å². The van der Waals surface area contributed by atoms with Gasteiger partial charge >= 0.3 is 0 Å². The third-order valence-electron chi connectivity index (χ3n) is 7.08. The maximum Gasteiger partial charge on any atom is 0.190 e. The van der Waals surface area contributed by atoms with Crippen LogP contribution in [0.25, 0.3) is 0 Å². The first-order chi connectivity index (χ1) is 17.1. The Kier molecular flexibility index (Phi) is 6.42. The largest absolute Gasteiger partial charge is 0.387 e. The van der Waals surface area contributed by atoms with Crippen LogP contribution in [0, 0.1) is 0 Å². The summed E-state index contributed by atoms with van der Waals surface area (Å²) in [6.07, 6.45) is -8.31. The van der Waals surface area contributed by atoms with Crippen molar-refractivity contribution in [2.24, 2.45) is 0 Å². The number of aliphatic hydroxyl groups excluding tert-OH is 2. The SMILES string of the molecule is CC1(C)O[C@H]2[C@@H](O1)[C@@H](CO[C@H]1O[C@@H]3COC(c4ccccc4)O[C@H]3[C@H](O)[C@@H]1O)O[C@@H]1OC(C)(C)O[C@@H]12. The smallest absolute Gasteiger partial charge is 0.190 e. The van der Waals surface area contributed by atoms with Crippen LogP contribution in [0.15, 0.2) is 30.3 Å². The molecule has 5 fully saturated rings. The molecule has 36 heavy (non-hydrogen) atoms. The minimum Gasteiger partial charge on any atom is -0.387 e. The summed E-state index contributed by atoms with van der Waals surface area (Å²) in [4.78, 5) is 0. The molecule has 5 aliphatic rings. The van der Waals surface area contributed by atoms with Gasteiger partial charge in [0.15, 0.2) is 30.4 Å². The zero-order chi connectivity index (χ0) is 25.2. The molecule has 0 amide bonds. The van der Waals surface area contributed by atoms with E-state index in [0.29, 0.717) is 0 Å². The first-order valence-electron chi connectivity index (χ1n) is 12.4. The van der Waals surface area contributed by atoms with Gasteiger partial charge in [0.05, 0.1) is 13.2 Å². The molecule has 1 aromatic carbocycles. The van der Waals surface area contributed by atoms with Gasteiger partial charge in [-0.2, -0.15) is 0 Å². The molecule has 5 saturated heterocycles. The summed E-state index contributed by atoms with van der Waals surface area (Å²) in [5.41, 5.74) is 0.821. The van der Waals surface area contributed by atoms with Gasteiger partial charge < -0.3 is 52.8 Å². The van der Waals surface area contributed by atoms with Crippen molar-refractivity contribution in [1.82, 2.24) is 0 Å². The zero-order valence-electron chi connectivity index (χ0n) is 20.7. The Hall–Kier alpha value is -1.22. The summed E-state index contributed by atoms with van der Waals surface area (Å²) < 4.78 is 54.0. The fourth-order valence-electron chi connectivity index (χ4n) is 5.51. The maximum atomic E-state index is 10.8. The molecular weight excluding hydrogens is 476 g/mol. The molecule has 0 saturated carbocycles. The summed E-state index contributed by atoms with van der Waals surface area (Å²) in [6, 6.07) is 9.41. The molecule has 5 aliphatic heterocycles. The summed E-state index contributed by atoms with van der Waals surface area (Å²) in [7, 11) is 0. The number of ether oxygens (including phenoxy) is 9. The Balaban J connectivity index is 1.11. The molecule has 1 unspecified atom stereocenters. The molecule has 0 spiro atoms. The molecule has 200 valence electrons. The Morgan fingerprint density at radius 1 is 0.806 bits per heavy atom. The minimum absolute atomic E-state index is 0.00774. The maximum absolute atomic E-state index is 10.8. The van der Waals surface area contributed by atoms with Crippen molar-refractivity contribution in [2.45, 2.75) is 107 Å². The highest BCUT2D eigenvalue weighted by atomic mass is 16.9. The van der Waals surface area contributed by atoms with Gasteiger partial charge in [-0.05, 0) is 27.7 Å². The molecule has 11 nitrogen and oxygen atoms in total. The third-order valence-corrected chi connectivity index (χ3v) is 7.08. The van der Waals surface area contributed by atoms with Crippen LogP contribution in [0.1, 0.15) is 39.5 Å². The van der Waals surface area contributed by atoms with Crippen LogP contribution in [-0.4, -0.2) is 96.4 Å². The fourth-order valence-corrected chi connectivity index (χ4v) is 5.51. The molecule has 5 heterocycles. The molecule has 2 N–H and O–H groups in total. The quantitative estimate of drug-likeness (QED) is 0.602. The number of hydrogen-bond acceptors (Lipinski definition) is 11. The van der Waals surface area contributed by atoms with Crippen LogP contribution < -0.4 is 0 Å². The first-order valence-corrected chi connectivity index (χ1v) is 12.4. The van der Waals surface area contributed by atoms with Crippen molar-refractivity contribution < 1.29 is 52.8 Å². The van der Waals surface area contributed by atoms with Gasteiger partial charge in [0, 0.05) is 5.56 Å². The van der Waals surface area contributed by atoms with E-state index in [9.17, 15) is 10.2 Å². The van der Waals surface area contributed by atoms with Gasteiger partial charge in [-0.3, -0.25) is 0 Å². The predicted molar refractivity (Wildman–Crippen MR) is 119 cm³/mol. The molecule has 11 atom stereocenters. The van der Waals surface area contributed by atoms with Crippen molar-refractivity contribution >= 4 is 0 Å². The highest BCUT2D eigenvalue weighted by Gasteiger charge is 2.61. The highest BCUT2D eigenvalue weighted by Crippen LogP contribution is 2.44. The van der Waals surface area contributed by atoms with Crippen molar-refractivity contribution in [3.63, 3.8) is 0 Å². The summed E-state index contributed by atoms with van der Waals surface area (Å²) in [5.74, 6) is -1.66. The number of benzene rings is 1. The van der Waals surface area contributed by atoms with Gasteiger partial charge in [0.1, 0.15) is 48.8 Å². The monoisotopic (exact) mass is 510 g/mol. The standard InChI is InChI=1S/C25H34O11/c1-24(2)33-18-14(31-23-20(19(18)34-24)35-25(3,4)36-23)11-29-22-16(27)15(26)17-13(30-22)10-28-21(32-17)12-8-6-5-7-9-12/h5-9,13-23,26-27H,10-11H2,1-4H3/t13-,14-,15-,16+,17-,18+,19+,20-,21?,22+,23-/m1/s1. The number of rotatable bonds is 4. The highest BCUT2D eigenvalue weighted by molar-refractivity contribution is 5.16. The van der Waals surface area contributed by atoms with Gasteiger partial charge in [0.2, 0.25) is 0 Å². The van der Waals surface area contributed by atoms with Crippen LogP contribution >= 0.6 is 0 Å². The Bertz CT molecular complexity index is 924. The van der Waals surface area contributed by atoms with E-state index in [4.69, 9.17) is 42.6 Å². The molecule has 1 aromatic rings. The van der Waals surface area contributed by atoms with Crippen LogP contribution in [-0.2, 0) is 42.6 Å². The van der Waals surface area contributed by atoms with Crippen LogP contribution in [0.5, 0.6) is 0 Å². The summed E-state index contributed by atoms with van der Waals surface area (Å²) in [5, 5.41) is 21.6. The lowest BCUT2D eigenvalue weighted by molar-refractivity contribution is -0.365. The average Bonchev–Trinajstić information content (AvgIpc) is 3.34. The van der Waals surface area contributed by atoms with E-state index < -0.39 is 79.3 Å². The Labute approximate surface area is 209 Å². The molecule has 6 rings (SSSR count). The van der Waals surface area contributed by atoms with Crippen LogP contribution in [0.2, 0.25) is 0 Å². The van der Waals surface area contributed by atoms with Gasteiger partial charge in [-0.1, -0.05) is 30.3 Å². The van der Waals surface area contributed by atoms with E-state index in [1.54, 1.807) is 0 Å². The normalized spacial score (nSPS) is 47.1. The number of fused-ring (bicyclic) bond motifs is 4. The lowest BCUT2D eigenvalue weighted by atomic mass is 9.97. The average molecular weight is 511 g/mol. The Morgan fingerprint density at radius 3 is 2.28 bits per heavy atom. The van der Waals surface area contributed by atoms with E-state index in [2.05, 4.69) is 0 Å². The third kappa shape index (κ3) is 4.61. The molecule has 0 aromatic heterocycles. The molecule has 0 bridgehead atoms. The Morgan fingerprint density at radius 2 is 1.50 bits per heavy atom. The van der Waals surface area contributed by atoms with E-state index >= 15 is 0 Å². The van der Waals surface area contributed by atoms with Gasteiger partial charge in [-0.15, -0.1) is 0 Å². The van der Waals surface area contributed by atoms with Crippen molar-refractivity contribution in [1.29, 1.82) is 0 Å². The van der Waals surface area contributed by atoms with Crippen LogP contribution in [0.3, 0.4) is 0 Å². The number of aliphatic hydroxyl groups is 2. The number of hydrogen-bond donors (Lipinski definition) is 2. The van der Waals surface area contributed by atoms with Gasteiger partial charge in [-0.25, -0.2) is 0 Å². The summed E-state index contributed by atoms with van der Waals surface area (Å²) >= 11 is 0. The van der Waals surface area contributed by atoms with E-state index in [1.165, 1.54) is 0 Å². The van der Waals surface area contributed by atoms with Crippen molar-refractivity contribution in [3.8, 4) is 0 Å². The predicted octanol–water partition coefficient (Wildman–Crippen LogP) is 0.960. The van der Waals surface area contributed by atoms with Crippen molar-refractivity contribution in [2.75, 3.05) is 13.2 Å². The molecule has 11 heteroatoms. The second-order valence-electron chi connectivity index (χ2n) is 10.7. The lowest BCUT2D eigenvalue weighted by Gasteiger charge is -2.46. The molecular formula is C25H34O11.